The van der Waals surface area contributed by atoms with Crippen molar-refractivity contribution in [1.82, 2.24) is 4.57 Å². The molecular formula is C17H15NO5S. The fourth-order valence-electron chi connectivity index (χ4n) is 2.76. The van der Waals surface area contributed by atoms with Crippen molar-refractivity contribution in [2.45, 2.75) is 11.6 Å². The maximum atomic E-state index is 13.0. The van der Waals surface area contributed by atoms with Crippen molar-refractivity contribution < 1.29 is 19.1 Å². The second-order valence-corrected chi connectivity index (χ2v) is 6.17. The van der Waals surface area contributed by atoms with Gasteiger partial charge in [0.1, 0.15) is 5.56 Å². The lowest BCUT2D eigenvalue weighted by Crippen LogP contribution is -2.28. The Morgan fingerprint density at radius 3 is 2.29 bits per heavy atom. The average Bonchev–Trinajstić information content (AvgIpc) is 3.10. The molecule has 0 atom stereocenters. The van der Waals surface area contributed by atoms with E-state index in [9.17, 15) is 14.4 Å². The zero-order valence-corrected chi connectivity index (χ0v) is 14.0. The normalized spacial score (nSPS) is 12.6. The Morgan fingerprint density at radius 2 is 1.67 bits per heavy atom. The molecule has 1 aromatic heterocycles. The van der Waals surface area contributed by atoms with Crippen LogP contribution >= 0.6 is 11.8 Å². The summed E-state index contributed by atoms with van der Waals surface area (Å²) < 4.78 is 11.2. The van der Waals surface area contributed by atoms with Gasteiger partial charge in [0.05, 0.1) is 30.4 Å². The number of nitrogens with zero attached hydrogens (tertiary/aromatic N) is 1. The topological polar surface area (TPSA) is 74.6 Å². The molecule has 124 valence electrons. The number of pyridine rings is 1. The van der Waals surface area contributed by atoms with Crippen molar-refractivity contribution in [2.24, 2.45) is 0 Å². The number of methoxy groups -OCH3 is 2. The summed E-state index contributed by atoms with van der Waals surface area (Å²) in [5.74, 6) is -0.745. The zero-order chi connectivity index (χ0) is 17.3. The van der Waals surface area contributed by atoms with Gasteiger partial charge in [0.15, 0.2) is 0 Å². The standard InChI is InChI=1S/C17H15NO5S/c1-22-16(20)12-11(10-6-4-3-5-7-10)14(19)18-8-9-24-15(18)13(12)17(21)23-2/h3-7H,8-9H2,1-2H3. The molecule has 2 aromatic rings. The summed E-state index contributed by atoms with van der Waals surface area (Å²) in [5, 5.41) is 0.451. The van der Waals surface area contributed by atoms with Crippen LogP contribution in [-0.2, 0) is 16.0 Å². The van der Waals surface area contributed by atoms with Crippen LogP contribution in [-0.4, -0.2) is 36.5 Å². The van der Waals surface area contributed by atoms with E-state index >= 15 is 0 Å². The van der Waals surface area contributed by atoms with Gasteiger partial charge in [-0.3, -0.25) is 4.79 Å². The number of aromatic nitrogens is 1. The van der Waals surface area contributed by atoms with Gasteiger partial charge in [-0.1, -0.05) is 30.3 Å². The molecule has 0 N–H and O–H groups in total. The highest BCUT2D eigenvalue weighted by Gasteiger charge is 2.33. The van der Waals surface area contributed by atoms with E-state index in [1.165, 1.54) is 30.5 Å². The Balaban J connectivity index is 2.46. The minimum absolute atomic E-state index is 0.0406. The monoisotopic (exact) mass is 345 g/mol. The molecule has 0 saturated carbocycles. The Kier molecular flexibility index (Phi) is 4.44. The van der Waals surface area contributed by atoms with Gasteiger partial charge in [-0.2, -0.15) is 0 Å². The van der Waals surface area contributed by atoms with Crippen molar-refractivity contribution in [3.8, 4) is 11.1 Å². The molecule has 3 rings (SSSR count). The van der Waals surface area contributed by atoms with Crippen LogP contribution in [0.1, 0.15) is 20.7 Å². The summed E-state index contributed by atoms with van der Waals surface area (Å²) in [4.78, 5) is 37.7. The number of rotatable bonds is 3. The highest BCUT2D eigenvalue weighted by Crippen LogP contribution is 2.34. The molecule has 1 aliphatic rings. The fraction of sp³-hybridized carbons (Fsp3) is 0.235. The quantitative estimate of drug-likeness (QED) is 0.794. The molecule has 2 heterocycles. The molecule has 0 spiro atoms. The summed E-state index contributed by atoms with van der Waals surface area (Å²) in [7, 11) is 2.46. The van der Waals surface area contributed by atoms with E-state index in [1.807, 2.05) is 6.07 Å². The molecule has 0 amide bonds. The van der Waals surface area contributed by atoms with Gasteiger partial charge < -0.3 is 14.0 Å². The summed E-state index contributed by atoms with van der Waals surface area (Å²) in [5.41, 5.74) is 0.454. The Morgan fingerprint density at radius 1 is 1.04 bits per heavy atom. The van der Waals surface area contributed by atoms with Gasteiger partial charge in [0.2, 0.25) is 0 Å². The molecule has 0 unspecified atom stereocenters. The average molecular weight is 345 g/mol. The van der Waals surface area contributed by atoms with E-state index in [0.717, 1.165) is 0 Å². The summed E-state index contributed by atoms with van der Waals surface area (Å²) >= 11 is 1.35. The molecule has 0 saturated heterocycles. The van der Waals surface area contributed by atoms with E-state index in [2.05, 4.69) is 0 Å². The van der Waals surface area contributed by atoms with Crippen LogP contribution in [0.25, 0.3) is 11.1 Å². The lowest BCUT2D eigenvalue weighted by atomic mass is 9.97. The second kappa shape index (κ2) is 6.52. The van der Waals surface area contributed by atoms with Gasteiger partial charge in [-0.25, -0.2) is 9.59 Å². The SMILES string of the molecule is COC(=O)c1c(C(=O)OC)c2n(c(=O)c1-c1ccccc1)CCS2. The first kappa shape index (κ1) is 16.3. The molecule has 7 heteroatoms. The van der Waals surface area contributed by atoms with Crippen LogP contribution in [0.5, 0.6) is 0 Å². The molecule has 1 aromatic carbocycles. The first-order valence-corrected chi connectivity index (χ1v) is 8.24. The van der Waals surface area contributed by atoms with Crippen molar-refractivity contribution in [3.05, 3.63) is 51.8 Å². The maximum absolute atomic E-state index is 13.0. The molecular weight excluding hydrogens is 330 g/mol. The van der Waals surface area contributed by atoms with E-state index in [4.69, 9.17) is 9.47 Å². The van der Waals surface area contributed by atoms with Crippen molar-refractivity contribution >= 4 is 23.7 Å². The number of ether oxygens (including phenoxy) is 2. The lowest BCUT2D eigenvalue weighted by molar-refractivity contribution is 0.0550. The Hall–Kier alpha value is -2.54. The molecule has 6 nitrogen and oxygen atoms in total. The van der Waals surface area contributed by atoms with Crippen LogP contribution in [0.3, 0.4) is 0 Å². The van der Waals surface area contributed by atoms with Gasteiger partial charge in [-0.15, -0.1) is 11.8 Å². The highest BCUT2D eigenvalue weighted by molar-refractivity contribution is 7.99. The number of thioether (sulfide) groups is 1. The minimum atomic E-state index is -0.734. The molecule has 0 radical (unpaired) electrons. The van der Waals surface area contributed by atoms with Crippen LogP contribution in [0.2, 0.25) is 0 Å². The summed E-state index contributed by atoms with van der Waals surface area (Å²) in [6, 6.07) is 8.78. The second-order valence-electron chi connectivity index (χ2n) is 5.08. The van der Waals surface area contributed by atoms with Gasteiger partial charge in [0, 0.05) is 12.3 Å². The number of esters is 2. The number of hydrogen-bond acceptors (Lipinski definition) is 6. The summed E-state index contributed by atoms with van der Waals surface area (Å²) in [6.07, 6.45) is 0. The highest BCUT2D eigenvalue weighted by atomic mass is 32.2. The van der Waals surface area contributed by atoms with E-state index in [-0.39, 0.29) is 22.2 Å². The first-order valence-electron chi connectivity index (χ1n) is 7.25. The van der Waals surface area contributed by atoms with Crippen LogP contribution < -0.4 is 5.56 Å². The predicted octanol–water partition coefficient (Wildman–Crippen LogP) is 2.19. The smallest absolute Gasteiger partial charge is 0.341 e. The summed E-state index contributed by atoms with van der Waals surface area (Å²) in [6.45, 7) is 0.476. The molecule has 1 aliphatic heterocycles. The fourth-order valence-corrected chi connectivity index (χ4v) is 3.89. The van der Waals surface area contributed by atoms with Crippen LogP contribution in [0, 0.1) is 0 Å². The molecule has 0 bridgehead atoms. The number of hydrogen-bond donors (Lipinski definition) is 0. The molecule has 0 aliphatic carbocycles. The van der Waals surface area contributed by atoms with Gasteiger partial charge in [0.25, 0.3) is 5.56 Å². The third-order valence-corrected chi connectivity index (χ3v) is 4.90. The molecule has 0 fully saturated rings. The van der Waals surface area contributed by atoms with E-state index in [0.29, 0.717) is 22.9 Å². The molecule has 24 heavy (non-hydrogen) atoms. The van der Waals surface area contributed by atoms with E-state index in [1.54, 1.807) is 24.3 Å². The Labute approximate surface area is 142 Å². The van der Waals surface area contributed by atoms with Crippen LogP contribution in [0.4, 0.5) is 0 Å². The number of carbonyl (C=O) groups is 2. The lowest BCUT2D eigenvalue weighted by Gasteiger charge is -2.16. The minimum Gasteiger partial charge on any atom is -0.465 e. The predicted molar refractivity (Wildman–Crippen MR) is 89.5 cm³/mol. The van der Waals surface area contributed by atoms with Crippen molar-refractivity contribution in [1.29, 1.82) is 0 Å². The zero-order valence-electron chi connectivity index (χ0n) is 13.2. The Bertz CT molecular complexity index is 873. The maximum Gasteiger partial charge on any atom is 0.341 e. The van der Waals surface area contributed by atoms with Crippen LogP contribution in [0.15, 0.2) is 40.2 Å². The van der Waals surface area contributed by atoms with Crippen molar-refractivity contribution in [3.63, 3.8) is 0 Å². The first-order chi connectivity index (χ1) is 11.6. The van der Waals surface area contributed by atoms with Gasteiger partial charge >= 0.3 is 11.9 Å². The van der Waals surface area contributed by atoms with E-state index < -0.39 is 11.9 Å². The van der Waals surface area contributed by atoms with Gasteiger partial charge in [-0.05, 0) is 5.56 Å². The number of benzene rings is 1. The third kappa shape index (κ3) is 2.50. The third-order valence-electron chi connectivity index (χ3n) is 3.81. The van der Waals surface area contributed by atoms with Crippen molar-refractivity contribution in [2.75, 3.05) is 20.0 Å². The largest absolute Gasteiger partial charge is 0.465 e. The number of fused-ring (bicyclic) bond motifs is 1. The number of carbonyl (C=O) groups excluding carboxylic acids is 2.